The number of pyridine rings is 1. The first kappa shape index (κ1) is 35.7. The normalized spacial score (nSPS) is 21.0. The van der Waals surface area contributed by atoms with Gasteiger partial charge >= 0.3 is 0 Å². The Kier molecular flexibility index (Phi) is 10.3. The van der Waals surface area contributed by atoms with E-state index >= 15 is 0 Å². The van der Waals surface area contributed by atoms with E-state index in [0.717, 1.165) is 28.1 Å². The minimum atomic E-state index is -1.95. The topological polar surface area (TPSA) is 73.9 Å². The number of nitrogens with zero attached hydrogens (tertiary/aromatic N) is 1. The predicted octanol–water partition coefficient (Wildman–Crippen LogP) is 10.8. The fourth-order valence-electron chi connectivity index (χ4n) is 7.37. The zero-order chi connectivity index (χ0) is 35.6. The molecular weight excluding hydrogens is 672 g/mol. The van der Waals surface area contributed by atoms with E-state index in [1.807, 2.05) is 105 Å². The average Bonchev–Trinajstić information content (AvgIpc) is 3.43. The van der Waals surface area contributed by atoms with Crippen LogP contribution < -0.4 is 10.2 Å². The molecule has 1 aromatic heterocycles. The monoisotopic (exact) mass is 719 g/mol. The van der Waals surface area contributed by atoms with E-state index in [4.69, 9.17) is 23.5 Å². The molecule has 2 saturated heterocycles. The summed E-state index contributed by atoms with van der Waals surface area (Å²) < 4.78 is 29.3. The van der Waals surface area contributed by atoms with Crippen LogP contribution in [0.25, 0.3) is 0 Å². The number of benzene rings is 4. The Labute approximate surface area is 304 Å². The molecule has 2 N–H and O–H groups in total. The van der Waals surface area contributed by atoms with Gasteiger partial charge in [0.1, 0.15) is 23.8 Å². The summed E-state index contributed by atoms with van der Waals surface area (Å²) >= 11 is 0. The number of fused-ring (bicyclic) bond motifs is 1. The Morgan fingerprint density at radius 1 is 0.549 bits per heavy atom. The van der Waals surface area contributed by atoms with Crippen LogP contribution in [0.15, 0.2) is 140 Å². The summed E-state index contributed by atoms with van der Waals surface area (Å²) in [5, 5.41) is 7.40. The molecular formula is C42H47N3O4P2. The van der Waals surface area contributed by atoms with Crippen molar-refractivity contribution in [3.05, 3.63) is 162 Å². The fourth-order valence-corrected chi connectivity index (χ4v) is 11.1. The van der Waals surface area contributed by atoms with Crippen molar-refractivity contribution in [1.29, 1.82) is 0 Å². The number of aromatic nitrogens is 1. The molecule has 2 atom stereocenters. The van der Waals surface area contributed by atoms with Crippen molar-refractivity contribution in [1.82, 2.24) is 4.98 Å². The summed E-state index contributed by atoms with van der Waals surface area (Å²) in [5.41, 5.74) is 2.43. The van der Waals surface area contributed by atoms with Crippen LogP contribution in [0.4, 0.5) is 11.6 Å². The van der Waals surface area contributed by atoms with Crippen molar-refractivity contribution in [2.24, 2.45) is 0 Å². The molecule has 9 heteroatoms. The smallest absolute Gasteiger partial charge is 0.291 e. The highest BCUT2D eigenvalue weighted by Gasteiger charge is 2.67. The zero-order valence-electron chi connectivity index (χ0n) is 30.1. The Hall–Kier alpha value is -3.67. The summed E-state index contributed by atoms with van der Waals surface area (Å²) in [6, 6.07) is 47.3. The number of hydrogen-bond acceptors (Lipinski definition) is 7. The van der Waals surface area contributed by atoms with Crippen molar-refractivity contribution in [3.8, 4) is 0 Å². The van der Waals surface area contributed by atoms with E-state index in [9.17, 15) is 0 Å². The number of anilines is 2. The second kappa shape index (κ2) is 14.8. The van der Waals surface area contributed by atoms with Crippen LogP contribution in [0.5, 0.6) is 0 Å². The lowest BCUT2D eigenvalue weighted by Crippen LogP contribution is -2.53. The van der Waals surface area contributed by atoms with Gasteiger partial charge in [-0.15, -0.1) is 0 Å². The third-order valence-electron chi connectivity index (χ3n) is 9.47. The second-order valence-corrected chi connectivity index (χ2v) is 18.3. The molecule has 0 unspecified atom stereocenters. The maximum Gasteiger partial charge on any atom is 0.291 e. The van der Waals surface area contributed by atoms with Gasteiger partial charge in [-0.05, 0) is 67.6 Å². The summed E-state index contributed by atoms with van der Waals surface area (Å²) in [6.07, 6.45) is -1.29. The summed E-state index contributed by atoms with van der Waals surface area (Å²) in [4.78, 5) is 5.07. The molecule has 0 saturated carbocycles. The number of nitrogens with one attached hydrogen (secondary N) is 2. The van der Waals surface area contributed by atoms with Crippen LogP contribution in [0.2, 0.25) is 0 Å². The lowest BCUT2D eigenvalue weighted by molar-refractivity contribution is -0.174. The quantitative estimate of drug-likeness (QED) is 0.139. The second-order valence-electron chi connectivity index (χ2n) is 14.1. The van der Waals surface area contributed by atoms with Crippen LogP contribution in [0.3, 0.4) is 0 Å². The molecule has 7 rings (SSSR count). The lowest BCUT2D eigenvalue weighted by Gasteiger charge is -2.41. The van der Waals surface area contributed by atoms with Crippen molar-refractivity contribution in [2.45, 2.75) is 82.1 Å². The van der Waals surface area contributed by atoms with Gasteiger partial charge in [0.25, 0.3) is 8.53 Å². The van der Waals surface area contributed by atoms with Gasteiger partial charge in [0, 0.05) is 0 Å². The lowest BCUT2D eigenvalue weighted by atomic mass is 9.72. The summed E-state index contributed by atoms with van der Waals surface area (Å²) in [7, 11) is -2.44. The minimum absolute atomic E-state index is 0.490. The van der Waals surface area contributed by atoms with Crippen molar-refractivity contribution in [2.75, 3.05) is 10.2 Å². The van der Waals surface area contributed by atoms with E-state index in [1.165, 1.54) is 0 Å². The molecule has 0 amide bonds. The molecule has 264 valence electrons. The van der Waals surface area contributed by atoms with Crippen LogP contribution in [0.1, 0.15) is 63.8 Å². The maximum absolute atomic E-state index is 7.55. The van der Waals surface area contributed by atoms with Gasteiger partial charge in [0.05, 0.1) is 0 Å². The van der Waals surface area contributed by atoms with Gasteiger partial charge in [0.2, 0.25) is 0 Å². The number of hydrogen-bond donors (Lipinski definition) is 2. The molecule has 2 aliphatic rings. The number of rotatable bonds is 10. The van der Waals surface area contributed by atoms with E-state index < -0.39 is 45.8 Å². The molecule has 0 bridgehead atoms. The third kappa shape index (κ3) is 6.97. The van der Waals surface area contributed by atoms with Crippen molar-refractivity contribution < 1.29 is 18.5 Å². The Morgan fingerprint density at radius 3 is 1.29 bits per heavy atom. The van der Waals surface area contributed by atoms with Crippen molar-refractivity contribution >= 4 is 28.2 Å². The van der Waals surface area contributed by atoms with Gasteiger partial charge in [-0.1, -0.05) is 155 Å². The maximum atomic E-state index is 7.55. The molecule has 2 aliphatic heterocycles. The molecule has 2 fully saturated rings. The third-order valence-corrected chi connectivity index (χ3v) is 13.5. The molecule has 3 heterocycles. The van der Waals surface area contributed by atoms with E-state index in [1.54, 1.807) is 0 Å². The predicted molar refractivity (Wildman–Crippen MR) is 209 cm³/mol. The molecule has 0 spiro atoms. The molecule has 0 aliphatic carbocycles. The number of ether oxygens (including phenoxy) is 2. The summed E-state index contributed by atoms with van der Waals surface area (Å²) in [5.74, 6) is 0.512. The highest BCUT2D eigenvalue weighted by Crippen LogP contribution is 2.64. The van der Waals surface area contributed by atoms with Crippen LogP contribution in [0, 0.1) is 0 Å². The van der Waals surface area contributed by atoms with Gasteiger partial charge in [-0.3, -0.25) is 9.05 Å². The standard InChI is InChI=1S/C42H47N3O4P2/c1-30(2)50(31(3)4)44-36-28-19-29-37(43-36)45-51-48-41(32-20-11-7-12-21-32,33-22-13-8-14-23-33)38-39(47-40(5,6)46-38)42(49-51,34-24-15-9-16-25-34)35-26-17-10-18-27-35/h7-31,38-39H,1-6H3,(H2,43,44,45)/t38-,39-/m1/s1. The largest absolute Gasteiger partial charge is 0.349 e. The Morgan fingerprint density at radius 2 is 0.922 bits per heavy atom. The van der Waals surface area contributed by atoms with E-state index in [-0.39, 0.29) is 0 Å². The van der Waals surface area contributed by atoms with E-state index in [0.29, 0.717) is 17.1 Å². The molecule has 5 aromatic rings. The first-order valence-electron chi connectivity index (χ1n) is 17.7. The fraction of sp³-hybridized carbons (Fsp3) is 0.310. The SMILES string of the molecule is CC(C)P(Nc1cccc(NP2OC(c3ccccc3)(c3ccccc3)[C@@H]3OC(C)(C)O[C@H]3C(c3ccccc3)(c3ccccc3)O2)n1)C(C)C. The molecule has 4 aromatic carbocycles. The van der Waals surface area contributed by atoms with Gasteiger partial charge in [-0.25, -0.2) is 4.98 Å². The molecule has 7 nitrogen and oxygen atoms in total. The van der Waals surface area contributed by atoms with Gasteiger partial charge in [-0.2, -0.15) is 0 Å². The average molecular weight is 720 g/mol. The Bertz CT molecular complexity index is 1690. The minimum Gasteiger partial charge on any atom is -0.349 e. The van der Waals surface area contributed by atoms with E-state index in [2.05, 4.69) is 86.4 Å². The zero-order valence-corrected chi connectivity index (χ0v) is 31.9. The first-order valence-corrected chi connectivity index (χ1v) is 20.3. The van der Waals surface area contributed by atoms with Gasteiger partial charge in [0.15, 0.2) is 17.0 Å². The summed E-state index contributed by atoms with van der Waals surface area (Å²) in [6.45, 7) is 13.0. The van der Waals surface area contributed by atoms with Gasteiger partial charge < -0.3 is 19.6 Å². The molecule has 0 radical (unpaired) electrons. The molecule has 51 heavy (non-hydrogen) atoms. The highest BCUT2D eigenvalue weighted by molar-refractivity contribution is 7.60. The Balaban J connectivity index is 1.46. The van der Waals surface area contributed by atoms with Crippen molar-refractivity contribution in [3.63, 3.8) is 0 Å². The van der Waals surface area contributed by atoms with Crippen LogP contribution in [-0.2, 0) is 29.7 Å². The first-order chi connectivity index (χ1) is 24.6. The van der Waals surface area contributed by atoms with Crippen LogP contribution in [-0.4, -0.2) is 34.3 Å². The highest BCUT2D eigenvalue weighted by atomic mass is 31.2. The van der Waals surface area contributed by atoms with Crippen LogP contribution >= 0.6 is 16.6 Å².